The number of nitrogens with two attached hydrogens (primary N) is 1. The number of aromatic hydroxyl groups is 1. The van der Waals surface area contributed by atoms with E-state index in [0.717, 1.165) is 23.3 Å². The highest BCUT2D eigenvalue weighted by molar-refractivity contribution is 5.78. The van der Waals surface area contributed by atoms with E-state index >= 15 is 0 Å². The second-order valence-corrected chi connectivity index (χ2v) is 4.34. The third kappa shape index (κ3) is 1.46. The zero-order valence-electron chi connectivity index (χ0n) is 9.06. The summed E-state index contributed by atoms with van der Waals surface area (Å²) in [6, 6.07) is 5.90. The van der Waals surface area contributed by atoms with Gasteiger partial charge in [-0.05, 0) is 31.5 Å². The average molecular weight is 217 g/mol. The van der Waals surface area contributed by atoms with Gasteiger partial charge in [-0.3, -0.25) is 0 Å². The zero-order chi connectivity index (χ0) is 11.1. The van der Waals surface area contributed by atoms with Crippen molar-refractivity contribution >= 4 is 11.0 Å². The Labute approximate surface area is 93.7 Å². The van der Waals surface area contributed by atoms with Gasteiger partial charge in [0.2, 0.25) is 0 Å². The van der Waals surface area contributed by atoms with Gasteiger partial charge in [-0.1, -0.05) is 0 Å². The SMILES string of the molecule is NCCc1nc2ccc(O)cc2n1C1CC1. The summed E-state index contributed by atoms with van der Waals surface area (Å²) in [4.78, 5) is 4.58. The van der Waals surface area contributed by atoms with Gasteiger partial charge in [0.15, 0.2) is 0 Å². The molecule has 16 heavy (non-hydrogen) atoms. The van der Waals surface area contributed by atoms with Crippen molar-refractivity contribution in [3.05, 3.63) is 24.0 Å². The minimum Gasteiger partial charge on any atom is -0.508 e. The van der Waals surface area contributed by atoms with Crippen molar-refractivity contribution in [3.8, 4) is 5.75 Å². The monoisotopic (exact) mass is 217 g/mol. The van der Waals surface area contributed by atoms with E-state index in [0.29, 0.717) is 18.3 Å². The maximum absolute atomic E-state index is 9.53. The summed E-state index contributed by atoms with van der Waals surface area (Å²) in [5.74, 6) is 1.35. The van der Waals surface area contributed by atoms with E-state index in [1.807, 2.05) is 6.07 Å². The summed E-state index contributed by atoms with van der Waals surface area (Å²) in [7, 11) is 0. The molecule has 0 unspecified atom stereocenters. The first-order valence-corrected chi connectivity index (χ1v) is 5.69. The summed E-state index contributed by atoms with van der Waals surface area (Å²) in [6.45, 7) is 0.613. The molecule has 1 heterocycles. The first-order chi connectivity index (χ1) is 7.79. The average Bonchev–Trinajstić information content (AvgIpc) is 3.02. The van der Waals surface area contributed by atoms with Gasteiger partial charge < -0.3 is 15.4 Å². The molecule has 84 valence electrons. The van der Waals surface area contributed by atoms with Crippen LogP contribution >= 0.6 is 0 Å². The number of fused-ring (bicyclic) bond motifs is 1. The van der Waals surface area contributed by atoms with Gasteiger partial charge in [0.05, 0.1) is 11.0 Å². The second-order valence-electron chi connectivity index (χ2n) is 4.34. The van der Waals surface area contributed by atoms with Crippen LogP contribution in [0.4, 0.5) is 0 Å². The first kappa shape index (κ1) is 9.66. The zero-order valence-corrected chi connectivity index (χ0v) is 9.06. The Morgan fingerprint density at radius 2 is 2.25 bits per heavy atom. The van der Waals surface area contributed by atoms with Crippen LogP contribution in [0, 0.1) is 0 Å². The summed E-state index contributed by atoms with van der Waals surface area (Å²) in [5, 5.41) is 9.53. The fraction of sp³-hybridized carbons (Fsp3) is 0.417. The number of imidazole rings is 1. The molecule has 4 heteroatoms. The standard InChI is InChI=1S/C12H15N3O/c13-6-5-12-14-10-4-3-9(16)7-11(10)15(12)8-1-2-8/h3-4,7-8,16H,1-2,5-6,13H2. The maximum Gasteiger partial charge on any atom is 0.117 e. The lowest BCUT2D eigenvalue weighted by atomic mass is 10.3. The van der Waals surface area contributed by atoms with E-state index in [2.05, 4.69) is 9.55 Å². The molecule has 0 bridgehead atoms. The molecule has 1 aromatic heterocycles. The molecule has 1 aromatic carbocycles. The molecule has 0 spiro atoms. The molecule has 2 aromatic rings. The second kappa shape index (κ2) is 3.49. The predicted molar refractivity (Wildman–Crippen MR) is 62.4 cm³/mol. The highest BCUT2D eigenvalue weighted by Gasteiger charge is 2.27. The molecule has 1 saturated carbocycles. The fourth-order valence-corrected chi connectivity index (χ4v) is 2.18. The van der Waals surface area contributed by atoms with Crippen molar-refractivity contribution in [1.29, 1.82) is 0 Å². The number of benzene rings is 1. The Hall–Kier alpha value is -1.55. The van der Waals surface area contributed by atoms with Gasteiger partial charge in [-0.25, -0.2) is 4.98 Å². The number of hydrogen-bond donors (Lipinski definition) is 2. The highest BCUT2D eigenvalue weighted by atomic mass is 16.3. The van der Waals surface area contributed by atoms with Crippen molar-refractivity contribution in [2.24, 2.45) is 5.73 Å². The van der Waals surface area contributed by atoms with E-state index in [1.165, 1.54) is 12.8 Å². The van der Waals surface area contributed by atoms with Gasteiger partial charge in [0, 0.05) is 18.5 Å². The largest absolute Gasteiger partial charge is 0.508 e. The Bertz CT molecular complexity index is 528. The van der Waals surface area contributed by atoms with E-state index < -0.39 is 0 Å². The van der Waals surface area contributed by atoms with Crippen LogP contribution in [0.25, 0.3) is 11.0 Å². The number of rotatable bonds is 3. The van der Waals surface area contributed by atoms with Gasteiger partial charge >= 0.3 is 0 Å². The molecule has 4 nitrogen and oxygen atoms in total. The molecule has 1 aliphatic rings. The molecular weight excluding hydrogens is 202 g/mol. The Morgan fingerprint density at radius 1 is 1.44 bits per heavy atom. The Kier molecular flexibility index (Phi) is 2.11. The van der Waals surface area contributed by atoms with E-state index in [-0.39, 0.29) is 0 Å². The molecule has 1 fully saturated rings. The smallest absolute Gasteiger partial charge is 0.117 e. The van der Waals surface area contributed by atoms with Gasteiger partial charge in [0.25, 0.3) is 0 Å². The van der Waals surface area contributed by atoms with E-state index in [4.69, 9.17) is 5.73 Å². The summed E-state index contributed by atoms with van der Waals surface area (Å²) in [5.41, 5.74) is 7.58. The van der Waals surface area contributed by atoms with Crippen LogP contribution in [0.15, 0.2) is 18.2 Å². The molecule has 0 saturated heterocycles. The van der Waals surface area contributed by atoms with Crippen LogP contribution in [-0.2, 0) is 6.42 Å². The first-order valence-electron chi connectivity index (χ1n) is 5.69. The van der Waals surface area contributed by atoms with Gasteiger partial charge in [-0.2, -0.15) is 0 Å². The van der Waals surface area contributed by atoms with Crippen LogP contribution in [0.3, 0.4) is 0 Å². The molecule has 3 rings (SSSR count). The van der Waals surface area contributed by atoms with E-state index in [1.54, 1.807) is 12.1 Å². The van der Waals surface area contributed by atoms with Crippen molar-refractivity contribution in [3.63, 3.8) is 0 Å². The summed E-state index contributed by atoms with van der Waals surface area (Å²) < 4.78 is 2.24. The van der Waals surface area contributed by atoms with Crippen molar-refractivity contribution < 1.29 is 5.11 Å². The fourth-order valence-electron chi connectivity index (χ4n) is 2.18. The number of nitrogens with zero attached hydrogens (tertiary/aromatic N) is 2. The van der Waals surface area contributed by atoms with Crippen LogP contribution in [0.1, 0.15) is 24.7 Å². The maximum atomic E-state index is 9.53. The minimum atomic E-state index is 0.300. The molecule has 0 aliphatic heterocycles. The number of phenols is 1. The molecule has 1 aliphatic carbocycles. The lowest BCUT2D eigenvalue weighted by Crippen LogP contribution is -2.09. The lowest BCUT2D eigenvalue weighted by molar-refractivity contribution is 0.476. The van der Waals surface area contributed by atoms with Crippen LogP contribution in [0.5, 0.6) is 5.75 Å². The highest BCUT2D eigenvalue weighted by Crippen LogP contribution is 2.39. The molecule has 0 radical (unpaired) electrons. The molecular formula is C12H15N3O. The normalized spacial score (nSPS) is 15.8. The third-order valence-corrected chi connectivity index (χ3v) is 3.03. The summed E-state index contributed by atoms with van der Waals surface area (Å²) in [6.07, 6.45) is 3.21. The van der Waals surface area contributed by atoms with Crippen molar-refractivity contribution in [2.45, 2.75) is 25.3 Å². The number of phenolic OH excluding ortho intramolecular Hbond substituents is 1. The predicted octanol–water partition coefficient (Wildman–Crippen LogP) is 1.58. The number of aromatic nitrogens is 2. The minimum absolute atomic E-state index is 0.300. The Morgan fingerprint density at radius 3 is 2.94 bits per heavy atom. The molecule has 0 atom stereocenters. The topological polar surface area (TPSA) is 64.1 Å². The van der Waals surface area contributed by atoms with Crippen molar-refractivity contribution in [1.82, 2.24) is 9.55 Å². The van der Waals surface area contributed by atoms with Crippen LogP contribution in [0.2, 0.25) is 0 Å². The summed E-state index contributed by atoms with van der Waals surface area (Å²) >= 11 is 0. The quantitative estimate of drug-likeness (QED) is 0.820. The molecule has 0 amide bonds. The van der Waals surface area contributed by atoms with Gasteiger partial charge in [-0.15, -0.1) is 0 Å². The molecule has 3 N–H and O–H groups in total. The van der Waals surface area contributed by atoms with E-state index in [9.17, 15) is 5.11 Å². The van der Waals surface area contributed by atoms with Crippen LogP contribution < -0.4 is 5.73 Å². The Balaban J connectivity index is 2.21. The van der Waals surface area contributed by atoms with Crippen molar-refractivity contribution in [2.75, 3.05) is 6.54 Å². The lowest BCUT2D eigenvalue weighted by Gasteiger charge is -2.06. The van der Waals surface area contributed by atoms with Crippen LogP contribution in [-0.4, -0.2) is 21.2 Å². The van der Waals surface area contributed by atoms with Gasteiger partial charge in [0.1, 0.15) is 11.6 Å². The number of hydrogen-bond acceptors (Lipinski definition) is 3. The third-order valence-electron chi connectivity index (χ3n) is 3.03.